The quantitative estimate of drug-likeness (QED) is 0.180. The van der Waals surface area contributed by atoms with E-state index in [9.17, 15) is 33.6 Å². The molecule has 2 fully saturated rings. The van der Waals surface area contributed by atoms with Crippen molar-refractivity contribution in [2.75, 3.05) is 13.6 Å². The number of nitrogens with zero attached hydrogens (tertiary/aromatic N) is 2. The van der Waals surface area contributed by atoms with E-state index in [4.69, 9.17) is 15.9 Å². The van der Waals surface area contributed by atoms with Crippen LogP contribution in [0.4, 0.5) is 0 Å². The van der Waals surface area contributed by atoms with Crippen molar-refractivity contribution in [1.82, 2.24) is 25.8 Å². The van der Waals surface area contributed by atoms with Gasteiger partial charge in [0.1, 0.15) is 36.3 Å². The number of esters is 2. The summed E-state index contributed by atoms with van der Waals surface area (Å²) in [4.78, 5) is 100. The number of amides is 5. The van der Waals surface area contributed by atoms with Crippen LogP contribution in [-0.2, 0) is 43.0 Å². The van der Waals surface area contributed by atoms with Crippen LogP contribution < -0.4 is 16.0 Å². The zero-order valence-electron chi connectivity index (χ0n) is 35.2. The highest BCUT2D eigenvalue weighted by Crippen LogP contribution is 2.30. The van der Waals surface area contributed by atoms with E-state index < -0.39 is 107 Å². The fourth-order valence-electron chi connectivity index (χ4n) is 7.05. The van der Waals surface area contributed by atoms with Crippen molar-refractivity contribution >= 4 is 41.5 Å². The number of ether oxygens (including phenoxy) is 2. The van der Waals surface area contributed by atoms with Crippen molar-refractivity contribution in [2.24, 2.45) is 29.1 Å². The van der Waals surface area contributed by atoms with Crippen LogP contribution >= 0.6 is 0 Å². The summed E-state index contributed by atoms with van der Waals surface area (Å²) in [6.07, 6.45) is 5.84. The summed E-state index contributed by atoms with van der Waals surface area (Å²) in [5.74, 6) is -3.16. The molecular formula is C41H67N5O9. The van der Waals surface area contributed by atoms with Crippen LogP contribution in [0.1, 0.15) is 121 Å². The second-order valence-corrected chi connectivity index (χ2v) is 16.9. The third-order valence-corrected chi connectivity index (χ3v) is 10.8. The van der Waals surface area contributed by atoms with Crippen LogP contribution in [0.15, 0.2) is 0 Å². The average molecular weight is 774 g/mol. The van der Waals surface area contributed by atoms with Crippen molar-refractivity contribution < 1.29 is 43.0 Å². The summed E-state index contributed by atoms with van der Waals surface area (Å²) >= 11 is 0. The van der Waals surface area contributed by atoms with Gasteiger partial charge >= 0.3 is 11.9 Å². The first-order chi connectivity index (χ1) is 25.6. The number of likely N-dealkylation sites (N-methyl/N-ethyl adjacent to an activating group) is 1. The summed E-state index contributed by atoms with van der Waals surface area (Å²) in [5, 5.41) is 8.35. The van der Waals surface area contributed by atoms with E-state index in [0.717, 1.165) is 0 Å². The predicted molar refractivity (Wildman–Crippen MR) is 208 cm³/mol. The second-order valence-electron chi connectivity index (χ2n) is 16.9. The van der Waals surface area contributed by atoms with Gasteiger partial charge < -0.3 is 35.2 Å². The van der Waals surface area contributed by atoms with Crippen LogP contribution in [0.3, 0.4) is 0 Å². The number of rotatable bonds is 9. The zero-order chi connectivity index (χ0) is 41.9. The molecule has 3 N–H and O–H groups in total. The summed E-state index contributed by atoms with van der Waals surface area (Å²) in [6.45, 7) is 19.4. The highest BCUT2D eigenvalue weighted by Gasteiger charge is 2.46. The lowest BCUT2D eigenvalue weighted by atomic mass is 9.82. The average Bonchev–Trinajstić information content (AvgIpc) is 3.60. The van der Waals surface area contributed by atoms with E-state index in [0.29, 0.717) is 32.1 Å². The molecule has 310 valence electrons. The minimum absolute atomic E-state index is 0.0270. The molecule has 2 aliphatic heterocycles. The fraction of sp³-hybridized carbons (Fsp3) is 0.780. The van der Waals surface area contributed by atoms with Crippen molar-refractivity contribution in [2.45, 2.75) is 164 Å². The molecule has 0 radical (unpaired) electrons. The lowest BCUT2D eigenvalue weighted by Gasteiger charge is -2.38. The van der Waals surface area contributed by atoms with Crippen LogP contribution in [0.25, 0.3) is 0 Å². The maximum atomic E-state index is 14.2. The molecule has 5 amide bonds. The van der Waals surface area contributed by atoms with Gasteiger partial charge in [-0.05, 0) is 77.0 Å². The molecule has 8 atom stereocenters. The van der Waals surface area contributed by atoms with Gasteiger partial charge in [-0.2, -0.15) is 0 Å². The first-order valence-corrected chi connectivity index (χ1v) is 19.9. The Morgan fingerprint density at radius 1 is 0.873 bits per heavy atom. The fourth-order valence-corrected chi connectivity index (χ4v) is 7.05. The molecule has 0 spiro atoms. The van der Waals surface area contributed by atoms with E-state index in [-0.39, 0.29) is 25.3 Å². The van der Waals surface area contributed by atoms with Crippen molar-refractivity contribution in [3.8, 4) is 12.3 Å². The molecular weight excluding hydrogens is 706 g/mol. The topological polar surface area (TPSA) is 181 Å². The van der Waals surface area contributed by atoms with Crippen LogP contribution in [-0.4, -0.2) is 107 Å². The van der Waals surface area contributed by atoms with Crippen molar-refractivity contribution in [1.29, 1.82) is 0 Å². The number of terminal acetylenes is 1. The molecule has 0 aromatic rings. The highest BCUT2D eigenvalue weighted by molar-refractivity contribution is 5.96. The highest BCUT2D eigenvalue weighted by atomic mass is 16.6. The van der Waals surface area contributed by atoms with E-state index in [2.05, 4.69) is 21.9 Å². The predicted octanol–water partition coefficient (Wildman–Crippen LogP) is 3.35. The number of unbranched alkanes of at least 4 members (excludes halogenated alkanes) is 1. The Labute approximate surface area is 328 Å². The van der Waals surface area contributed by atoms with E-state index >= 15 is 0 Å². The Morgan fingerprint density at radius 2 is 1.51 bits per heavy atom. The van der Waals surface area contributed by atoms with Crippen LogP contribution in [0.5, 0.6) is 0 Å². The summed E-state index contributed by atoms with van der Waals surface area (Å²) in [7, 11) is 1.47. The van der Waals surface area contributed by atoms with Crippen LogP contribution in [0, 0.1) is 41.4 Å². The van der Waals surface area contributed by atoms with Crippen LogP contribution in [0.2, 0.25) is 0 Å². The van der Waals surface area contributed by atoms with Gasteiger partial charge in [0, 0.05) is 25.9 Å². The second kappa shape index (κ2) is 20.7. The molecule has 14 nitrogen and oxygen atoms in total. The number of fused-ring (bicyclic) bond motifs is 1. The largest absolute Gasteiger partial charge is 0.460 e. The van der Waals surface area contributed by atoms with Crippen molar-refractivity contribution in [3.63, 3.8) is 0 Å². The number of carbonyl (C=O) groups is 7. The lowest BCUT2D eigenvalue weighted by Crippen LogP contribution is -2.60. The number of cyclic esters (lactones) is 2. The Morgan fingerprint density at radius 3 is 2.05 bits per heavy atom. The Bertz CT molecular complexity index is 1440. The summed E-state index contributed by atoms with van der Waals surface area (Å²) in [6, 6.07) is -5.33. The van der Waals surface area contributed by atoms with Gasteiger partial charge in [0.2, 0.25) is 23.6 Å². The number of carbonyl (C=O) groups excluding carboxylic acids is 7. The Kier molecular flexibility index (Phi) is 17.7. The Hall–Kier alpha value is -4.15. The summed E-state index contributed by atoms with van der Waals surface area (Å²) in [5.41, 5.74) is -1.38. The zero-order valence-corrected chi connectivity index (χ0v) is 35.2. The van der Waals surface area contributed by atoms with Gasteiger partial charge in [-0.25, -0.2) is 9.59 Å². The molecule has 0 aliphatic carbocycles. The normalized spacial score (nSPS) is 28.7. The molecule has 2 heterocycles. The molecule has 2 aliphatic rings. The first-order valence-electron chi connectivity index (χ1n) is 19.9. The molecule has 0 bridgehead atoms. The number of hydrogen-bond acceptors (Lipinski definition) is 9. The molecule has 14 heteroatoms. The van der Waals surface area contributed by atoms with Gasteiger partial charge in [0.05, 0.1) is 5.41 Å². The molecule has 2 rings (SSSR count). The lowest BCUT2D eigenvalue weighted by molar-refractivity contribution is -0.172. The molecule has 55 heavy (non-hydrogen) atoms. The minimum atomic E-state index is -1.38. The number of hydrogen-bond donors (Lipinski definition) is 3. The molecule has 0 saturated carbocycles. The van der Waals surface area contributed by atoms with E-state index in [1.54, 1.807) is 48.5 Å². The monoisotopic (exact) mass is 773 g/mol. The van der Waals surface area contributed by atoms with Gasteiger partial charge in [-0.15, -0.1) is 12.3 Å². The Balaban J connectivity index is 2.73. The third-order valence-electron chi connectivity index (χ3n) is 10.8. The molecule has 0 unspecified atom stereocenters. The summed E-state index contributed by atoms with van der Waals surface area (Å²) < 4.78 is 12.0. The third kappa shape index (κ3) is 12.2. The van der Waals surface area contributed by atoms with Gasteiger partial charge in [-0.3, -0.25) is 24.0 Å². The van der Waals surface area contributed by atoms with Gasteiger partial charge in [0.15, 0.2) is 6.10 Å². The number of nitrogens with one attached hydrogen (secondary N) is 3. The smallest absolute Gasteiger partial charge is 0.329 e. The first kappa shape index (κ1) is 47.0. The molecule has 0 aromatic heterocycles. The van der Waals surface area contributed by atoms with E-state index in [1.807, 2.05) is 20.8 Å². The van der Waals surface area contributed by atoms with Crippen molar-refractivity contribution in [3.05, 3.63) is 0 Å². The maximum Gasteiger partial charge on any atom is 0.329 e. The van der Waals surface area contributed by atoms with E-state index in [1.165, 1.54) is 23.8 Å². The SMILES string of the molecule is C#CCCC[C@@H]1OC(=O)[C@H](C)NC(=O)[C@H](CC(C)C)NC(=O)[C@@H]2CCCN2C(=O)[C@H]([C@@H](C)CC)OC(=O)[C@H](C(C)C)N(C)C(=O)[C@H](C(C)C)NC(=O)C1(C)C. The maximum absolute atomic E-state index is 14.2. The standard InChI is InChI=1S/C41H67N5O9/c1-14-16-17-20-30-41(11,12)40(53)44-31(24(5)6)36(49)45(13)32(25(7)8)39(52)55-33(26(9)15-2)37(50)46-21-18-19-29(46)35(48)43-28(22-23(3)4)34(47)42-27(10)38(51)54-30/h1,23-33H,15-22H2,2-13H3,(H,42,47)(H,43,48)(H,44,53)/t26-,27-,28-,29-,30-,31-,32-,33-/m0/s1. The van der Waals surface area contributed by atoms with Gasteiger partial charge in [0.25, 0.3) is 5.91 Å². The van der Waals surface area contributed by atoms with Gasteiger partial charge in [-0.1, -0.05) is 55.4 Å². The molecule has 0 aromatic carbocycles. The molecule has 2 saturated heterocycles. The minimum Gasteiger partial charge on any atom is -0.460 e.